The van der Waals surface area contributed by atoms with Gasteiger partial charge >= 0.3 is 0 Å². The van der Waals surface area contributed by atoms with Crippen molar-refractivity contribution in [2.45, 2.75) is 51.7 Å². The van der Waals surface area contributed by atoms with Gasteiger partial charge in [0, 0.05) is 36.9 Å². The number of aromatic nitrogens is 2. The number of nitrogens with one attached hydrogen (secondary N) is 1. The molecule has 1 aliphatic heterocycles. The fraction of sp³-hybridized carbons (Fsp3) is 0.786. The summed E-state index contributed by atoms with van der Waals surface area (Å²) in [6.45, 7) is 7.64. The molecule has 1 fully saturated rings. The third-order valence-electron chi connectivity index (χ3n) is 4.04. The van der Waals surface area contributed by atoms with Crippen LogP contribution in [0.2, 0.25) is 0 Å². The molecular weight excluding hydrogens is 224 g/mol. The van der Waals surface area contributed by atoms with Gasteiger partial charge in [0.2, 0.25) is 0 Å². The highest BCUT2D eigenvalue weighted by Crippen LogP contribution is 2.19. The van der Waals surface area contributed by atoms with Crippen molar-refractivity contribution in [2.75, 3.05) is 20.1 Å². The number of nitrogens with zero attached hydrogens (tertiary/aromatic N) is 3. The molecule has 1 aliphatic rings. The molecule has 0 amide bonds. The summed E-state index contributed by atoms with van der Waals surface area (Å²) in [4.78, 5) is 2.43. The maximum absolute atomic E-state index is 4.36. The lowest BCUT2D eigenvalue weighted by Crippen LogP contribution is -2.43. The van der Waals surface area contributed by atoms with Gasteiger partial charge in [0.25, 0.3) is 0 Å². The summed E-state index contributed by atoms with van der Waals surface area (Å²) in [6.07, 6.45) is 8.17. The van der Waals surface area contributed by atoms with E-state index in [4.69, 9.17) is 0 Å². The van der Waals surface area contributed by atoms with E-state index in [1.54, 1.807) is 0 Å². The summed E-state index contributed by atoms with van der Waals surface area (Å²) in [5.74, 6) is 0. The Labute approximate surface area is 110 Å². The molecule has 1 N–H and O–H groups in total. The van der Waals surface area contributed by atoms with E-state index in [0.717, 1.165) is 13.1 Å². The molecule has 0 radical (unpaired) electrons. The average molecular weight is 250 g/mol. The van der Waals surface area contributed by atoms with Crippen LogP contribution < -0.4 is 5.32 Å². The van der Waals surface area contributed by atoms with Gasteiger partial charge in [-0.15, -0.1) is 0 Å². The van der Waals surface area contributed by atoms with Crippen molar-refractivity contribution in [3.63, 3.8) is 0 Å². The Balaban J connectivity index is 1.88. The van der Waals surface area contributed by atoms with Gasteiger partial charge in [0.15, 0.2) is 0 Å². The van der Waals surface area contributed by atoms with Gasteiger partial charge in [-0.2, -0.15) is 5.10 Å². The predicted molar refractivity (Wildman–Crippen MR) is 74.6 cm³/mol. The first-order valence-electron chi connectivity index (χ1n) is 7.16. The van der Waals surface area contributed by atoms with Crippen LogP contribution in [0.5, 0.6) is 0 Å². The molecular formula is C14H26N4. The first-order valence-corrected chi connectivity index (χ1v) is 7.16. The first kappa shape index (κ1) is 13.6. The van der Waals surface area contributed by atoms with Gasteiger partial charge in [-0.1, -0.05) is 6.42 Å². The number of rotatable bonds is 5. The lowest BCUT2D eigenvalue weighted by molar-refractivity contribution is 0.214. The van der Waals surface area contributed by atoms with Crippen LogP contribution in [0.3, 0.4) is 0 Å². The molecule has 4 heteroatoms. The molecule has 102 valence electrons. The van der Waals surface area contributed by atoms with Crippen LogP contribution in [0, 0.1) is 0 Å². The second-order valence-electron chi connectivity index (χ2n) is 5.39. The second-order valence-corrected chi connectivity index (χ2v) is 5.39. The highest BCUT2D eigenvalue weighted by atomic mass is 15.3. The smallest absolute Gasteiger partial charge is 0.0537 e. The van der Waals surface area contributed by atoms with E-state index in [2.05, 4.69) is 42.4 Å². The van der Waals surface area contributed by atoms with E-state index in [1.165, 1.54) is 31.4 Å². The van der Waals surface area contributed by atoms with Crippen molar-refractivity contribution < 1.29 is 0 Å². The van der Waals surface area contributed by atoms with E-state index in [0.29, 0.717) is 12.1 Å². The Bertz CT molecular complexity index is 354. The summed E-state index contributed by atoms with van der Waals surface area (Å²) in [7, 11) is 2.21. The highest BCUT2D eigenvalue weighted by molar-refractivity contribution is 5.09. The largest absolute Gasteiger partial charge is 0.313 e. The van der Waals surface area contributed by atoms with Gasteiger partial charge in [-0.05, 0) is 40.3 Å². The van der Waals surface area contributed by atoms with E-state index < -0.39 is 0 Å². The molecule has 0 aromatic carbocycles. The summed E-state index contributed by atoms with van der Waals surface area (Å²) in [6, 6.07) is 1.10. The monoisotopic (exact) mass is 250 g/mol. The maximum atomic E-state index is 4.36. The molecule has 1 saturated heterocycles. The Morgan fingerprint density at radius 1 is 1.56 bits per heavy atom. The molecule has 1 aromatic heterocycles. The standard InChI is InChI=1S/C14H26N4/c1-4-18-10-13(9-16-18)12(2)17(3)11-14-7-5-6-8-15-14/h9-10,12,14-15H,4-8,11H2,1-3H3. The number of hydrogen-bond acceptors (Lipinski definition) is 3. The van der Waals surface area contributed by atoms with Crippen molar-refractivity contribution in [1.29, 1.82) is 0 Å². The molecule has 0 spiro atoms. The second kappa shape index (κ2) is 6.34. The summed E-state index contributed by atoms with van der Waals surface area (Å²) < 4.78 is 2.00. The number of aryl methyl sites for hydroxylation is 1. The Morgan fingerprint density at radius 2 is 2.39 bits per heavy atom. The van der Waals surface area contributed by atoms with Crippen molar-refractivity contribution >= 4 is 0 Å². The molecule has 1 aromatic rings. The van der Waals surface area contributed by atoms with Gasteiger partial charge in [0.05, 0.1) is 6.20 Å². The molecule has 0 saturated carbocycles. The zero-order valence-electron chi connectivity index (χ0n) is 11.9. The van der Waals surface area contributed by atoms with Crippen LogP contribution in [-0.2, 0) is 6.54 Å². The van der Waals surface area contributed by atoms with E-state index in [-0.39, 0.29) is 0 Å². The van der Waals surface area contributed by atoms with Crippen molar-refractivity contribution in [3.05, 3.63) is 18.0 Å². The molecule has 2 unspecified atom stereocenters. The molecule has 0 aliphatic carbocycles. The third-order valence-corrected chi connectivity index (χ3v) is 4.04. The molecule has 18 heavy (non-hydrogen) atoms. The first-order chi connectivity index (χ1) is 8.70. The molecule has 4 nitrogen and oxygen atoms in total. The quantitative estimate of drug-likeness (QED) is 0.868. The van der Waals surface area contributed by atoms with Crippen LogP contribution in [0.15, 0.2) is 12.4 Å². The van der Waals surface area contributed by atoms with Gasteiger partial charge in [-0.3, -0.25) is 9.58 Å². The molecule has 2 rings (SSSR count). The number of likely N-dealkylation sites (N-methyl/N-ethyl adjacent to an activating group) is 1. The summed E-state index contributed by atoms with van der Waals surface area (Å²) >= 11 is 0. The third kappa shape index (κ3) is 3.33. The van der Waals surface area contributed by atoms with Gasteiger partial charge in [-0.25, -0.2) is 0 Å². The Hall–Kier alpha value is -0.870. The van der Waals surface area contributed by atoms with Crippen LogP contribution in [0.1, 0.15) is 44.7 Å². The Morgan fingerprint density at radius 3 is 3.00 bits per heavy atom. The van der Waals surface area contributed by atoms with Gasteiger partial charge < -0.3 is 5.32 Å². The predicted octanol–water partition coefficient (Wildman–Crippen LogP) is 2.04. The minimum absolute atomic E-state index is 0.439. The molecule has 0 bridgehead atoms. The van der Waals surface area contributed by atoms with Crippen molar-refractivity contribution in [3.8, 4) is 0 Å². The summed E-state index contributed by atoms with van der Waals surface area (Å²) in [5, 5.41) is 7.97. The zero-order valence-corrected chi connectivity index (χ0v) is 11.9. The zero-order chi connectivity index (χ0) is 13.0. The minimum Gasteiger partial charge on any atom is -0.313 e. The normalized spacial score (nSPS) is 22.3. The van der Waals surface area contributed by atoms with E-state index >= 15 is 0 Å². The van der Waals surface area contributed by atoms with Crippen LogP contribution in [-0.4, -0.2) is 40.9 Å². The Kier molecular flexibility index (Phi) is 4.78. The maximum Gasteiger partial charge on any atom is 0.0537 e. The topological polar surface area (TPSA) is 33.1 Å². The lowest BCUT2D eigenvalue weighted by atomic mass is 10.0. The van der Waals surface area contributed by atoms with Crippen molar-refractivity contribution in [1.82, 2.24) is 20.0 Å². The number of piperidine rings is 1. The van der Waals surface area contributed by atoms with Crippen LogP contribution in [0.25, 0.3) is 0 Å². The number of hydrogen-bond donors (Lipinski definition) is 1. The van der Waals surface area contributed by atoms with E-state index in [9.17, 15) is 0 Å². The molecule has 2 atom stereocenters. The van der Waals surface area contributed by atoms with E-state index in [1.807, 2.05) is 10.9 Å². The summed E-state index contributed by atoms with van der Waals surface area (Å²) in [5.41, 5.74) is 1.31. The van der Waals surface area contributed by atoms with Crippen LogP contribution >= 0.6 is 0 Å². The minimum atomic E-state index is 0.439. The average Bonchev–Trinajstić information content (AvgIpc) is 2.87. The van der Waals surface area contributed by atoms with Gasteiger partial charge in [0.1, 0.15) is 0 Å². The van der Waals surface area contributed by atoms with Crippen molar-refractivity contribution in [2.24, 2.45) is 0 Å². The SMILES string of the molecule is CCn1cc(C(C)N(C)CC2CCCCN2)cn1. The fourth-order valence-corrected chi connectivity index (χ4v) is 2.61. The molecule has 2 heterocycles. The highest BCUT2D eigenvalue weighted by Gasteiger charge is 2.19. The lowest BCUT2D eigenvalue weighted by Gasteiger charge is -2.31. The van der Waals surface area contributed by atoms with Crippen LogP contribution in [0.4, 0.5) is 0 Å². The fourth-order valence-electron chi connectivity index (χ4n) is 2.61.